The van der Waals surface area contributed by atoms with Gasteiger partial charge in [-0.15, -0.1) is 0 Å². The van der Waals surface area contributed by atoms with Gasteiger partial charge in [-0.05, 0) is 43.9 Å². The van der Waals surface area contributed by atoms with E-state index in [0.717, 1.165) is 57.7 Å². The summed E-state index contributed by atoms with van der Waals surface area (Å²) in [5.74, 6) is 2.09. The van der Waals surface area contributed by atoms with Crippen molar-refractivity contribution in [3.63, 3.8) is 0 Å². The van der Waals surface area contributed by atoms with E-state index in [1.807, 2.05) is 9.80 Å². The second-order valence-electron chi connectivity index (χ2n) is 7.37. The molecule has 0 aromatic rings. The Morgan fingerprint density at radius 3 is 2.36 bits per heavy atom. The molecule has 22 heavy (non-hydrogen) atoms. The van der Waals surface area contributed by atoms with Crippen LogP contribution in [-0.4, -0.2) is 47.3 Å². The summed E-state index contributed by atoms with van der Waals surface area (Å²) in [6.45, 7) is 7.10. The second kappa shape index (κ2) is 6.59. The van der Waals surface area contributed by atoms with Crippen LogP contribution in [0.4, 0.5) is 0 Å². The smallest absolute Gasteiger partial charge is 0.245 e. The molecule has 2 atom stereocenters. The molecular formula is C18H30N2O2. The molecule has 0 aromatic heterocycles. The lowest BCUT2D eigenvalue weighted by Gasteiger charge is -2.28. The summed E-state index contributed by atoms with van der Waals surface area (Å²) in [6, 6.07) is -0.159. The topological polar surface area (TPSA) is 40.6 Å². The van der Waals surface area contributed by atoms with Crippen LogP contribution < -0.4 is 0 Å². The van der Waals surface area contributed by atoms with E-state index in [2.05, 4.69) is 13.8 Å². The molecule has 4 heteroatoms. The van der Waals surface area contributed by atoms with E-state index in [9.17, 15) is 9.59 Å². The van der Waals surface area contributed by atoms with Crippen LogP contribution in [0.25, 0.3) is 0 Å². The Morgan fingerprint density at radius 1 is 1.00 bits per heavy atom. The van der Waals surface area contributed by atoms with Crippen molar-refractivity contribution in [3.8, 4) is 0 Å². The fraction of sp³-hybridized carbons (Fsp3) is 0.889. The largest absolute Gasteiger partial charge is 0.341 e. The van der Waals surface area contributed by atoms with E-state index in [1.165, 1.54) is 12.8 Å². The summed E-state index contributed by atoms with van der Waals surface area (Å²) < 4.78 is 0. The Hall–Kier alpha value is -1.06. The predicted octanol–water partition coefficient (Wildman–Crippen LogP) is 2.67. The van der Waals surface area contributed by atoms with Gasteiger partial charge in [0, 0.05) is 25.6 Å². The highest BCUT2D eigenvalue weighted by Crippen LogP contribution is 2.35. The maximum Gasteiger partial charge on any atom is 0.245 e. The maximum atomic E-state index is 12.9. The first-order valence-electron chi connectivity index (χ1n) is 9.24. The fourth-order valence-corrected chi connectivity index (χ4v) is 4.39. The Labute approximate surface area is 134 Å². The molecule has 2 aliphatic heterocycles. The number of carbonyl (C=O) groups excluding carboxylic acids is 2. The molecule has 1 saturated carbocycles. The molecule has 2 amide bonds. The van der Waals surface area contributed by atoms with Gasteiger partial charge in [0.2, 0.25) is 11.8 Å². The molecule has 0 N–H and O–H groups in total. The second-order valence-corrected chi connectivity index (χ2v) is 7.37. The van der Waals surface area contributed by atoms with Crippen LogP contribution >= 0.6 is 0 Å². The summed E-state index contributed by atoms with van der Waals surface area (Å²) in [5, 5.41) is 0. The van der Waals surface area contributed by atoms with E-state index in [-0.39, 0.29) is 23.8 Å². The highest BCUT2D eigenvalue weighted by Gasteiger charge is 2.43. The van der Waals surface area contributed by atoms with Crippen LogP contribution in [0.5, 0.6) is 0 Å². The summed E-state index contributed by atoms with van der Waals surface area (Å²) in [5.41, 5.74) is 0. The highest BCUT2D eigenvalue weighted by atomic mass is 16.2. The van der Waals surface area contributed by atoms with Crippen molar-refractivity contribution in [2.45, 2.75) is 64.8 Å². The molecule has 0 aromatic carbocycles. The molecule has 2 heterocycles. The highest BCUT2D eigenvalue weighted by molar-refractivity contribution is 5.90. The fourth-order valence-electron chi connectivity index (χ4n) is 4.39. The first-order chi connectivity index (χ1) is 10.7. The van der Waals surface area contributed by atoms with Crippen molar-refractivity contribution in [2.75, 3.05) is 19.6 Å². The van der Waals surface area contributed by atoms with Gasteiger partial charge in [0.25, 0.3) is 0 Å². The lowest BCUT2D eigenvalue weighted by Crippen LogP contribution is -2.47. The quantitative estimate of drug-likeness (QED) is 0.783. The number of amides is 2. The first kappa shape index (κ1) is 15.8. The predicted molar refractivity (Wildman–Crippen MR) is 86.2 cm³/mol. The van der Waals surface area contributed by atoms with Gasteiger partial charge in [-0.25, -0.2) is 0 Å². The molecule has 4 nitrogen and oxygen atoms in total. The van der Waals surface area contributed by atoms with Crippen molar-refractivity contribution in [1.82, 2.24) is 9.80 Å². The zero-order valence-electron chi connectivity index (χ0n) is 14.1. The maximum absolute atomic E-state index is 12.9. The molecule has 0 bridgehead atoms. The molecule has 124 valence electrons. The van der Waals surface area contributed by atoms with Crippen LogP contribution in [0.15, 0.2) is 0 Å². The summed E-state index contributed by atoms with van der Waals surface area (Å²) in [4.78, 5) is 29.2. The number of nitrogens with zero attached hydrogens (tertiary/aromatic N) is 2. The number of hydrogen-bond donors (Lipinski definition) is 0. The number of rotatable bonds is 5. The third-order valence-corrected chi connectivity index (χ3v) is 6.00. The Balaban J connectivity index is 1.60. The van der Waals surface area contributed by atoms with Gasteiger partial charge in [-0.2, -0.15) is 0 Å². The van der Waals surface area contributed by atoms with Crippen molar-refractivity contribution < 1.29 is 9.59 Å². The van der Waals surface area contributed by atoms with Crippen molar-refractivity contribution in [3.05, 3.63) is 0 Å². The third-order valence-electron chi connectivity index (χ3n) is 6.00. The average molecular weight is 306 g/mol. The molecule has 0 radical (unpaired) electrons. The molecule has 3 aliphatic rings. The monoisotopic (exact) mass is 306 g/mol. The number of hydrogen-bond acceptors (Lipinski definition) is 2. The lowest BCUT2D eigenvalue weighted by molar-refractivity contribution is -0.144. The molecular weight excluding hydrogens is 276 g/mol. The van der Waals surface area contributed by atoms with E-state index >= 15 is 0 Å². The van der Waals surface area contributed by atoms with Crippen LogP contribution in [-0.2, 0) is 9.59 Å². The Morgan fingerprint density at radius 2 is 1.73 bits per heavy atom. The molecule has 1 aliphatic carbocycles. The average Bonchev–Trinajstić information content (AvgIpc) is 3.07. The SMILES string of the molecule is CCC(CC)C1CCN(C(=O)C2CCCN2C(=O)C2CC2)C1. The lowest BCUT2D eigenvalue weighted by atomic mass is 9.87. The summed E-state index contributed by atoms with van der Waals surface area (Å²) in [6.07, 6.45) is 7.45. The summed E-state index contributed by atoms with van der Waals surface area (Å²) in [7, 11) is 0. The zero-order valence-corrected chi connectivity index (χ0v) is 14.1. The van der Waals surface area contributed by atoms with E-state index in [4.69, 9.17) is 0 Å². The summed E-state index contributed by atoms with van der Waals surface area (Å²) >= 11 is 0. The van der Waals surface area contributed by atoms with Crippen molar-refractivity contribution in [1.29, 1.82) is 0 Å². The van der Waals surface area contributed by atoms with Gasteiger partial charge in [0.15, 0.2) is 0 Å². The van der Waals surface area contributed by atoms with Gasteiger partial charge in [-0.3, -0.25) is 9.59 Å². The van der Waals surface area contributed by atoms with Crippen LogP contribution in [0.1, 0.15) is 58.8 Å². The third kappa shape index (κ3) is 3.02. The van der Waals surface area contributed by atoms with Gasteiger partial charge >= 0.3 is 0 Å². The van der Waals surface area contributed by atoms with Gasteiger partial charge in [-0.1, -0.05) is 26.7 Å². The molecule has 3 rings (SSSR count). The standard InChI is InChI=1S/C18H30N2O2/c1-3-13(4-2)15-9-11-19(12-15)18(22)16-6-5-10-20(16)17(21)14-7-8-14/h13-16H,3-12H2,1-2H3. The molecule has 0 spiro atoms. The molecule has 2 unspecified atom stereocenters. The van der Waals surface area contributed by atoms with Crippen LogP contribution in [0.2, 0.25) is 0 Å². The normalized spacial score (nSPS) is 28.7. The minimum atomic E-state index is -0.159. The molecule has 2 saturated heterocycles. The van der Waals surface area contributed by atoms with E-state index in [0.29, 0.717) is 5.92 Å². The van der Waals surface area contributed by atoms with Gasteiger partial charge in [0.1, 0.15) is 6.04 Å². The Bertz CT molecular complexity index is 429. The number of carbonyl (C=O) groups is 2. The number of likely N-dealkylation sites (tertiary alicyclic amines) is 2. The minimum Gasteiger partial charge on any atom is -0.341 e. The van der Waals surface area contributed by atoms with Crippen LogP contribution in [0.3, 0.4) is 0 Å². The van der Waals surface area contributed by atoms with Crippen molar-refractivity contribution >= 4 is 11.8 Å². The van der Waals surface area contributed by atoms with E-state index in [1.54, 1.807) is 0 Å². The molecule has 3 fully saturated rings. The van der Waals surface area contributed by atoms with Crippen molar-refractivity contribution in [2.24, 2.45) is 17.8 Å². The minimum absolute atomic E-state index is 0.159. The van der Waals surface area contributed by atoms with Crippen LogP contribution in [0, 0.1) is 17.8 Å². The van der Waals surface area contributed by atoms with Gasteiger partial charge in [0.05, 0.1) is 0 Å². The Kier molecular flexibility index (Phi) is 4.74. The van der Waals surface area contributed by atoms with Gasteiger partial charge < -0.3 is 9.80 Å². The zero-order chi connectivity index (χ0) is 15.7. The first-order valence-corrected chi connectivity index (χ1v) is 9.24. The van der Waals surface area contributed by atoms with E-state index < -0.39 is 0 Å².